The molecule has 7 heteroatoms. The number of nitro groups is 1. The molecule has 152 valence electrons. The van der Waals surface area contributed by atoms with E-state index in [9.17, 15) is 14.9 Å². The van der Waals surface area contributed by atoms with Crippen molar-refractivity contribution in [3.8, 4) is 0 Å². The van der Waals surface area contributed by atoms with E-state index in [2.05, 4.69) is 5.32 Å². The van der Waals surface area contributed by atoms with E-state index in [0.29, 0.717) is 31.2 Å². The molecular formula is C21H29N3O4. The minimum Gasteiger partial charge on any atom is -0.444 e. The monoisotopic (exact) mass is 387 g/mol. The average molecular weight is 387 g/mol. The molecular weight excluding hydrogens is 358 g/mol. The van der Waals surface area contributed by atoms with Gasteiger partial charge in [0.15, 0.2) is 0 Å². The molecule has 28 heavy (non-hydrogen) atoms. The molecule has 1 aromatic rings. The number of ether oxygens (including phenoxy) is 1. The van der Waals surface area contributed by atoms with Gasteiger partial charge in [0.1, 0.15) is 11.3 Å². The largest absolute Gasteiger partial charge is 0.444 e. The number of rotatable bonds is 4. The normalized spacial score (nSPS) is 18.0. The van der Waals surface area contributed by atoms with Gasteiger partial charge >= 0.3 is 6.09 Å². The number of benzene rings is 1. The summed E-state index contributed by atoms with van der Waals surface area (Å²) in [6.07, 6.45) is 6.73. The highest BCUT2D eigenvalue weighted by atomic mass is 16.6. The molecule has 1 fully saturated rings. The molecule has 1 saturated carbocycles. The zero-order chi connectivity index (χ0) is 20.3. The fraction of sp³-hybridized carbons (Fsp3) is 0.571. The molecule has 2 aliphatic rings. The van der Waals surface area contributed by atoms with Gasteiger partial charge in [-0.3, -0.25) is 10.1 Å². The van der Waals surface area contributed by atoms with Gasteiger partial charge < -0.3 is 15.0 Å². The van der Waals surface area contributed by atoms with Crippen molar-refractivity contribution < 1.29 is 14.5 Å². The Bertz CT molecular complexity index is 776. The quantitative estimate of drug-likeness (QED) is 0.582. The summed E-state index contributed by atoms with van der Waals surface area (Å²) >= 11 is 0. The van der Waals surface area contributed by atoms with Crippen LogP contribution in [0.2, 0.25) is 0 Å². The summed E-state index contributed by atoms with van der Waals surface area (Å²) in [4.78, 5) is 25.1. The molecule has 1 amide bonds. The second-order valence-corrected chi connectivity index (χ2v) is 8.52. The van der Waals surface area contributed by atoms with Crippen molar-refractivity contribution in [3.63, 3.8) is 0 Å². The summed E-state index contributed by atoms with van der Waals surface area (Å²) in [6.45, 7) is 6.51. The van der Waals surface area contributed by atoms with E-state index in [1.807, 2.05) is 39.0 Å². The Morgan fingerprint density at radius 3 is 2.57 bits per heavy atom. The van der Waals surface area contributed by atoms with Crippen LogP contribution in [-0.2, 0) is 4.74 Å². The van der Waals surface area contributed by atoms with Crippen LogP contribution in [0.15, 0.2) is 24.3 Å². The van der Waals surface area contributed by atoms with Crippen molar-refractivity contribution in [1.82, 2.24) is 4.90 Å². The third-order valence-electron chi connectivity index (χ3n) is 5.14. The third kappa shape index (κ3) is 5.03. The molecule has 0 unspecified atom stereocenters. The molecule has 1 aliphatic carbocycles. The lowest BCUT2D eigenvalue weighted by molar-refractivity contribution is -0.384. The molecule has 0 bridgehead atoms. The molecule has 1 aliphatic heterocycles. The summed E-state index contributed by atoms with van der Waals surface area (Å²) in [6, 6.07) is 5.71. The first-order valence-electron chi connectivity index (χ1n) is 9.95. The number of nitrogens with one attached hydrogen (secondary N) is 1. The van der Waals surface area contributed by atoms with Crippen LogP contribution in [0, 0.1) is 10.1 Å². The molecule has 0 spiro atoms. The second kappa shape index (κ2) is 8.20. The van der Waals surface area contributed by atoms with Crippen LogP contribution in [0.1, 0.15) is 58.4 Å². The van der Waals surface area contributed by atoms with Crippen molar-refractivity contribution in [2.75, 3.05) is 18.4 Å². The van der Waals surface area contributed by atoms with Crippen molar-refractivity contribution in [3.05, 3.63) is 40.0 Å². The Balaban J connectivity index is 1.72. The highest BCUT2D eigenvalue weighted by Gasteiger charge is 2.25. The Morgan fingerprint density at radius 1 is 1.29 bits per heavy atom. The fourth-order valence-corrected chi connectivity index (χ4v) is 3.72. The molecule has 1 aromatic carbocycles. The maximum atomic E-state index is 12.2. The molecule has 0 atom stereocenters. The molecule has 7 nitrogen and oxygen atoms in total. The van der Waals surface area contributed by atoms with E-state index >= 15 is 0 Å². The van der Waals surface area contributed by atoms with E-state index in [-0.39, 0.29) is 16.7 Å². The lowest BCUT2D eigenvalue weighted by Gasteiger charge is -2.29. The van der Waals surface area contributed by atoms with Gasteiger partial charge in [0, 0.05) is 25.2 Å². The van der Waals surface area contributed by atoms with Gasteiger partial charge in [-0.05, 0) is 57.2 Å². The third-order valence-corrected chi connectivity index (χ3v) is 5.14. The number of carbonyl (C=O) groups excluding carboxylic acids is 1. The fourth-order valence-electron chi connectivity index (χ4n) is 3.72. The zero-order valence-corrected chi connectivity index (χ0v) is 16.9. The van der Waals surface area contributed by atoms with E-state index in [0.717, 1.165) is 24.0 Å². The van der Waals surface area contributed by atoms with Crippen molar-refractivity contribution in [2.24, 2.45) is 0 Å². The molecule has 3 rings (SSSR count). The maximum Gasteiger partial charge on any atom is 0.410 e. The van der Waals surface area contributed by atoms with Crippen molar-refractivity contribution in [1.29, 1.82) is 0 Å². The Kier molecular flexibility index (Phi) is 5.91. The number of amides is 1. The predicted molar refractivity (Wildman–Crippen MR) is 109 cm³/mol. The first-order valence-corrected chi connectivity index (χ1v) is 9.95. The van der Waals surface area contributed by atoms with Crippen LogP contribution >= 0.6 is 0 Å². The highest BCUT2D eigenvalue weighted by Crippen LogP contribution is 2.33. The summed E-state index contributed by atoms with van der Waals surface area (Å²) in [5.41, 5.74) is 2.04. The van der Waals surface area contributed by atoms with Crippen LogP contribution in [0.5, 0.6) is 0 Å². The Morgan fingerprint density at radius 2 is 2.00 bits per heavy atom. The number of carbonyl (C=O) groups is 1. The molecule has 1 N–H and O–H groups in total. The Hall–Kier alpha value is -2.57. The minimum absolute atomic E-state index is 0.111. The molecule has 0 aromatic heterocycles. The van der Waals surface area contributed by atoms with Gasteiger partial charge in [-0.2, -0.15) is 0 Å². The maximum absolute atomic E-state index is 12.2. The van der Waals surface area contributed by atoms with Crippen molar-refractivity contribution in [2.45, 2.75) is 64.5 Å². The van der Waals surface area contributed by atoms with E-state index < -0.39 is 5.60 Å². The topological polar surface area (TPSA) is 84.7 Å². The van der Waals surface area contributed by atoms with Gasteiger partial charge in [-0.25, -0.2) is 4.79 Å². The first-order chi connectivity index (χ1) is 13.2. The Labute approximate surface area is 165 Å². The van der Waals surface area contributed by atoms with Gasteiger partial charge in [0.25, 0.3) is 5.69 Å². The standard InChI is InChI=1S/C21H29N3O4/c1-21(2,3)28-20(25)23-12-10-15(11-13-23)16-8-9-18(19(14-16)24(26)27)22-17-6-4-5-7-17/h8-10,14,17,22H,4-7,11-13H2,1-3H3. The number of nitro benzene ring substituents is 1. The van der Waals surface area contributed by atoms with E-state index in [4.69, 9.17) is 4.74 Å². The first kappa shape index (κ1) is 20.2. The minimum atomic E-state index is -0.524. The van der Waals surface area contributed by atoms with Crippen LogP contribution in [-0.4, -0.2) is 40.6 Å². The number of hydrogen-bond acceptors (Lipinski definition) is 5. The summed E-state index contributed by atoms with van der Waals surface area (Å²) in [7, 11) is 0. The van der Waals surface area contributed by atoms with Crippen LogP contribution in [0.25, 0.3) is 5.57 Å². The van der Waals surface area contributed by atoms with Crippen molar-refractivity contribution >= 4 is 23.0 Å². The SMILES string of the molecule is CC(C)(C)OC(=O)N1CC=C(c2ccc(NC3CCCC3)c([N+](=O)[O-])c2)CC1. The second-order valence-electron chi connectivity index (χ2n) is 8.52. The lowest BCUT2D eigenvalue weighted by atomic mass is 9.98. The average Bonchev–Trinajstić information content (AvgIpc) is 3.13. The zero-order valence-electron chi connectivity index (χ0n) is 16.9. The summed E-state index contributed by atoms with van der Waals surface area (Å²) < 4.78 is 5.41. The van der Waals surface area contributed by atoms with Crippen LogP contribution < -0.4 is 5.32 Å². The number of anilines is 1. The van der Waals surface area contributed by atoms with Gasteiger partial charge in [-0.1, -0.05) is 25.0 Å². The van der Waals surface area contributed by atoms with Gasteiger partial charge in [0.05, 0.1) is 4.92 Å². The highest BCUT2D eigenvalue weighted by molar-refractivity contribution is 5.76. The smallest absolute Gasteiger partial charge is 0.410 e. The molecule has 1 heterocycles. The molecule has 0 radical (unpaired) electrons. The predicted octanol–water partition coefficient (Wildman–Crippen LogP) is 4.97. The van der Waals surface area contributed by atoms with Crippen LogP contribution in [0.3, 0.4) is 0 Å². The lowest BCUT2D eigenvalue weighted by Crippen LogP contribution is -2.39. The van der Waals surface area contributed by atoms with E-state index in [1.165, 1.54) is 12.8 Å². The van der Waals surface area contributed by atoms with Gasteiger partial charge in [0.2, 0.25) is 0 Å². The summed E-state index contributed by atoms with van der Waals surface area (Å²) in [5.74, 6) is 0. The number of nitrogens with zero attached hydrogens (tertiary/aromatic N) is 2. The molecule has 0 saturated heterocycles. The van der Waals surface area contributed by atoms with Gasteiger partial charge in [-0.15, -0.1) is 0 Å². The van der Waals surface area contributed by atoms with Crippen LogP contribution in [0.4, 0.5) is 16.2 Å². The summed E-state index contributed by atoms with van der Waals surface area (Å²) in [5, 5.41) is 14.9. The van der Waals surface area contributed by atoms with E-state index in [1.54, 1.807) is 11.0 Å². The number of hydrogen-bond donors (Lipinski definition) is 1.